The van der Waals surface area contributed by atoms with E-state index in [4.69, 9.17) is 0 Å². The van der Waals surface area contributed by atoms with Gasteiger partial charge in [-0.1, -0.05) is 36.4 Å². The van der Waals surface area contributed by atoms with Crippen molar-refractivity contribution in [1.29, 1.82) is 0 Å². The zero-order chi connectivity index (χ0) is 4.24. The molecule has 0 spiro atoms. The minimum absolute atomic E-state index is 0. The van der Waals surface area contributed by atoms with Crippen molar-refractivity contribution in [2.45, 2.75) is 0 Å². The molecular formula is C6H12INS. The van der Waals surface area contributed by atoms with Gasteiger partial charge in [-0.3, -0.25) is 0 Å². The zero-order valence-electron chi connectivity index (χ0n) is 5.08. The monoisotopic (exact) mass is 257 g/mol. The van der Waals surface area contributed by atoms with Crippen molar-refractivity contribution in [3.8, 4) is 0 Å². The van der Waals surface area contributed by atoms with Gasteiger partial charge in [0.05, 0.1) is 0 Å². The van der Waals surface area contributed by atoms with Crippen molar-refractivity contribution in [1.82, 2.24) is 6.15 Å². The quantitative estimate of drug-likeness (QED) is 0.712. The molecule has 1 rings (SSSR count). The van der Waals surface area contributed by atoms with Crippen LogP contribution in [0, 0.1) is 0 Å². The number of halogens is 1. The minimum Gasteiger partial charge on any atom is -0.344 e. The van der Waals surface area contributed by atoms with Gasteiger partial charge in [-0.05, 0) is 0 Å². The Kier molecular flexibility index (Phi) is 19.9. The minimum atomic E-state index is 0. The first kappa shape index (κ1) is 16.1. The van der Waals surface area contributed by atoms with Crippen molar-refractivity contribution >= 4 is 37.5 Å². The third kappa shape index (κ3) is 8.26. The van der Waals surface area contributed by atoms with E-state index in [1.165, 1.54) is 0 Å². The molecule has 0 atom stereocenters. The van der Waals surface area contributed by atoms with Crippen LogP contribution in [0.5, 0.6) is 0 Å². The number of hydrogen-bond donors (Lipinski definition) is 1. The summed E-state index contributed by atoms with van der Waals surface area (Å²) in [6, 6.07) is 12.0. The van der Waals surface area contributed by atoms with Crippen LogP contribution in [0.2, 0.25) is 0 Å². The van der Waals surface area contributed by atoms with Crippen LogP contribution in [0.4, 0.5) is 0 Å². The summed E-state index contributed by atoms with van der Waals surface area (Å²) in [5.74, 6) is 0. The number of benzene rings is 1. The lowest BCUT2D eigenvalue weighted by molar-refractivity contribution is 1.72. The molecule has 3 heteroatoms. The molecule has 0 saturated carbocycles. The topological polar surface area (TPSA) is 35.0 Å². The van der Waals surface area contributed by atoms with Crippen molar-refractivity contribution in [2.24, 2.45) is 0 Å². The van der Waals surface area contributed by atoms with Gasteiger partial charge in [0.25, 0.3) is 0 Å². The van der Waals surface area contributed by atoms with E-state index in [1.54, 1.807) is 0 Å². The Morgan fingerprint density at radius 1 is 0.556 bits per heavy atom. The van der Waals surface area contributed by atoms with Crippen LogP contribution < -0.4 is 6.15 Å². The lowest BCUT2D eigenvalue weighted by Crippen LogP contribution is -1.47. The molecule has 0 saturated heterocycles. The van der Waals surface area contributed by atoms with Gasteiger partial charge in [-0.15, -0.1) is 24.0 Å². The summed E-state index contributed by atoms with van der Waals surface area (Å²) in [5.41, 5.74) is 0. The molecule has 0 aliphatic rings. The van der Waals surface area contributed by atoms with Crippen molar-refractivity contribution in [3.63, 3.8) is 0 Å². The summed E-state index contributed by atoms with van der Waals surface area (Å²) >= 11 is 0. The van der Waals surface area contributed by atoms with Crippen molar-refractivity contribution in [2.75, 3.05) is 0 Å². The summed E-state index contributed by atoms with van der Waals surface area (Å²) in [6.45, 7) is 0. The maximum Gasteiger partial charge on any atom is -0.0623 e. The van der Waals surface area contributed by atoms with E-state index in [2.05, 4.69) is 0 Å². The van der Waals surface area contributed by atoms with Gasteiger partial charge >= 0.3 is 0 Å². The molecule has 0 radical (unpaired) electrons. The average Bonchev–Trinajstić information content (AvgIpc) is 1.72. The predicted molar refractivity (Wildman–Crippen MR) is 57.3 cm³/mol. The molecule has 0 aromatic heterocycles. The van der Waals surface area contributed by atoms with Crippen LogP contribution in [-0.4, -0.2) is 0 Å². The van der Waals surface area contributed by atoms with Gasteiger partial charge in [-0.2, -0.15) is 13.5 Å². The lowest BCUT2D eigenvalue weighted by Gasteiger charge is -1.69. The van der Waals surface area contributed by atoms with Crippen LogP contribution in [0.3, 0.4) is 0 Å². The fraction of sp³-hybridized carbons (Fsp3) is 0. The van der Waals surface area contributed by atoms with Crippen LogP contribution >= 0.6 is 37.5 Å². The van der Waals surface area contributed by atoms with Crippen molar-refractivity contribution in [3.05, 3.63) is 36.4 Å². The Bertz CT molecular complexity index is 85.0. The molecule has 0 heterocycles. The second-order valence-electron chi connectivity index (χ2n) is 1.15. The second-order valence-corrected chi connectivity index (χ2v) is 1.15. The molecule has 9 heavy (non-hydrogen) atoms. The third-order valence-electron chi connectivity index (χ3n) is 0.667. The molecule has 0 unspecified atom stereocenters. The molecule has 1 nitrogen and oxygen atoms in total. The third-order valence-corrected chi connectivity index (χ3v) is 0.667. The fourth-order valence-electron chi connectivity index (χ4n) is 0.385. The highest BCUT2D eigenvalue weighted by Gasteiger charge is 1.57. The summed E-state index contributed by atoms with van der Waals surface area (Å²) < 4.78 is 0. The first-order valence-electron chi connectivity index (χ1n) is 2.00. The summed E-state index contributed by atoms with van der Waals surface area (Å²) in [4.78, 5) is 0. The standard InChI is InChI=1S/C6H6.HI.H3N.H2S/c1-2-4-6-5-3-1;;;/h1-6H;1H;1H3;1H2. The smallest absolute Gasteiger partial charge is 0.0623 e. The van der Waals surface area contributed by atoms with Gasteiger partial charge < -0.3 is 6.15 Å². The fourth-order valence-corrected chi connectivity index (χ4v) is 0.385. The van der Waals surface area contributed by atoms with Gasteiger partial charge in [0.2, 0.25) is 0 Å². The van der Waals surface area contributed by atoms with E-state index in [-0.39, 0.29) is 43.6 Å². The molecule has 1 aromatic carbocycles. The molecule has 0 aliphatic heterocycles. The van der Waals surface area contributed by atoms with Gasteiger partial charge in [0.1, 0.15) is 0 Å². The average molecular weight is 257 g/mol. The van der Waals surface area contributed by atoms with Crippen LogP contribution in [-0.2, 0) is 0 Å². The molecule has 54 valence electrons. The molecule has 0 bridgehead atoms. The van der Waals surface area contributed by atoms with E-state index in [0.29, 0.717) is 0 Å². The zero-order valence-corrected chi connectivity index (χ0v) is 8.41. The highest BCUT2D eigenvalue weighted by atomic mass is 127. The van der Waals surface area contributed by atoms with Crippen LogP contribution in [0.1, 0.15) is 0 Å². The summed E-state index contributed by atoms with van der Waals surface area (Å²) in [7, 11) is 0. The second kappa shape index (κ2) is 11.1. The summed E-state index contributed by atoms with van der Waals surface area (Å²) in [6.07, 6.45) is 0. The van der Waals surface area contributed by atoms with Gasteiger partial charge in [0, 0.05) is 0 Å². The van der Waals surface area contributed by atoms with Gasteiger partial charge in [-0.25, -0.2) is 0 Å². The van der Waals surface area contributed by atoms with Crippen LogP contribution in [0.25, 0.3) is 0 Å². The Morgan fingerprint density at radius 3 is 0.778 bits per heavy atom. The number of rotatable bonds is 0. The largest absolute Gasteiger partial charge is 0.344 e. The molecular weight excluding hydrogens is 245 g/mol. The maximum absolute atomic E-state index is 2.00. The van der Waals surface area contributed by atoms with Gasteiger partial charge in [0.15, 0.2) is 0 Å². The Balaban J connectivity index is -0.000000120. The first-order chi connectivity index (χ1) is 3.00. The van der Waals surface area contributed by atoms with E-state index >= 15 is 0 Å². The van der Waals surface area contributed by atoms with E-state index in [0.717, 1.165) is 0 Å². The van der Waals surface area contributed by atoms with Crippen LogP contribution in [0.15, 0.2) is 36.4 Å². The highest BCUT2D eigenvalue weighted by molar-refractivity contribution is 14.0. The number of hydrogen-bond acceptors (Lipinski definition) is 1. The maximum atomic E-state index is 2.00. The summed E-state index contributed by atoms with van der Waals surface area (Å²) in [5, 5.41) is 0. The van der Waals surface area contributed by atoms with E-state index in [1.807, 2.05) is 36.4 Å². The molecule has 0 amide bonds. The Labute approximate surface area is 79.9 Å². The molecule has 0 fully saturated rings. The van der Waals surface area contributed by atoms with E-state index < -0.39 is 0 Å². The molecule has 1 aromatic rings. The Hall–Kier alpha value is 0.260. The highest BCUT2D eigenvalue weighted by Crippen LogP contribution is 1.79. The first-order valence-corrected chi connectivity index (χ1v) is 2.00. The normalized spacial score (nSPS) is 5.33. The predicted octanol–water partition coefficient (Wildman–Crippen LogP) is 2.58. The Morgan fingerprint density at radius 2 is 0.667 bits per heavy atom. The van der Waals surface area contributed by atoms with E-state index in [9.17, 15) is 0 Å². The SMILES string of the molecule is I.N.S.c1ccccc1. The van der Waals surface area contributed by atoms with Crippen molar-refractivity contribution < 1.29 is 0 Å². The lowest BCUT2D eigenvalue weighted by atomic mass is 10.4. The molecule has 0 aliphatic carbocycles. The molecule has 3 N–H and O–H groups in total.